The Kier molecular flexibility index (Phi) is 6.61. The molecule has 0 saturated heterocycles. The number of hydrogen-bond donors (Lipinski definition) is 1. The summed E-state index contributed by atoms with van der Waals surface area (Å²) >= 11 is 0.742. The number of sulfonamides is 1. The lowest BCUT2D eigenvalue weighted by molar-refractivity contribution is 0.102. The lowest BCUT2D eigenvalue weighted by atomic mass is 10.1. The van der Waals surface area contributed by atoms with Crippen molar-refractivity contribution in [1.82, 2.24) is 10.2 Å². The van der Waals surface area contributed by atoms with E-state index < -0.39 is 15.9 Å². The summed E-state index contributed by atoms with van der Waals surface area (Å²) in [6, 6.07) is 11.5. The number of para-hydroxylation sites is 1. The lowest BCUT2D eigenvalue weighted by Gasteiger charge is -2.16. The second kappa shape index (κ2) is 9.18. The molecule has 0 bridgehead atoms. The predicted octanol–water partition coefficient (Wildman–Crippen LogP) is 2.64. The minimum Gasteiger partial charge on any atom is -0.493 e. The van der Waals surface area contributed by atoms with E-state index in [0.29, 0.717) is 22.9 Å². The molecule has 31 heavy (non-hydrogen) atoms. The number of ether oxygens (including phenoxy) is 3. The SMILES string of the molecule is COc1cc(C(=O)Nc2nnc(S(=O)(=O)N(C)c3ccccc3)s2)cc(OC)c1OC. The minimum atomic E-state index is -3.93. The molecule has 1 heterocycles. The molecule has 0 saturated carbocycles. The topological polar surface area (TPSA) is 120 Å². The Labute approximate surface area is 183 Å². The van der Waals surface area contributed by atoms with Crippen molar-refractivity contribution in [2.75, 3.05) is 38.0 Å². The van der Waals surface area contributed by atoms with Crippen LogP contribution in [0.4, 0.5) is 10.8 Å². The monoisotopic (exact) mass is 464 g/mol. The van der Waals surface area contributed by atoms with Gasteiger partial charge in [-0.15, -0.1) is 10.2 Å². The average molecular weight is 465 g/mol. The Hall–Kier alpha value is -3.38. The molecule has 0 radical (unpaired) electrons. The summed E-state index contributed by atoms with van der Waals surface area (Å²) in [6.07, 6.45) is 0. The van der Waals surface area contributed by atoms with Crippen LogP contribution in [0.3, 0.4) is 0 Å². The van der Waals surface area contributed by atoms with Crippen LogP contribution in [0.2, 0.25) is 0 Å². The number of amides is 1. The first-order valence-corrected chi connectivity index (χ1v) is 11.1. The number of benzene rings is 2. The molecule has 0 fully saturated rings. The third kappa shape index (κ3) is 4.54. The van der Waals surface area contributed by atoms with Crippen molar-refractivity contribution in [3.05, 3.63) is 48.0 Å². The first kappa shape index (κ1) is 22.3. The predicted molar refractivity (Wildman–Crippen MR) is 116 cm³/mol. The van der Waals surface area contributed by atoms with E-state index in [2.05, 4.69) is 15.5 Å². The Bertz CT molecular complexity index is 1160. The second-order valence-electron chi connectivity index (χ2n) is 6.05. The highest BCUT2D eigenvalue weighted by Crippen LogP contribution is 2.38. The van der Waals surface area contributed by atoms with Gasteiger partial charge < -0.3 is 14.2 Å². The maximum absolute atomic E-state index is 12.8. The second-order valence-corrected chi connectivity index (χ2v) is 9.17. The van der Waals surface area contributed by atoms with E-state index in [1.54, 1.807) is 30.3 Å². The van der Waals surface area contributed by atoms with Crippen LogP contribution in [-0.2, 0) is 10.0 Å². The fourth-order valence-electron chi connectivity index (χ4n) is 2.64. The van der Waals surface area contributed by atoms with Gasteiger partial charge in [-0.05, 0) is 24.3 Å². The van der Waals surface area contributed by atoms with Gasteiger partial charge in [0.1, 0.15) is 0 Å². The summed E-state index contributed by atoms with van der Waals surface area (Å²) in [7, 11) is 1.81. The van der Waals surface area contributed by atoms with Gasteiger partial charge in [0.25, 0.3) is 20.3 Å². The lowest BCUT2D eigenvalue weighted by Crippen LogP contribution is -2.26. The summed E-state index contributed by atoms with van der Waals surface area (Å²) in [5, 5.41) is 10.1. The maximum atomic E-state index is 12.8. The number of carbonyl (C=O) groups is 1. The Balaban J connectivity index is 1.83. The van der Waals surface area contributed by atoms with Crippen LogP contribution in [0.5, 0.6) is 17.2 Å². The molecule has 164 valence electrons. The van der Waals surface area contributed by atoms with Gasteiger partial charge in [0.05, 0.1) is 27.0 Å². The first-order chi connectivity index (χ1) is 14.8. The van der Waals surface area contributed by atoms with Crippen molar-refractivity contribution in [2.45, 2.75) is 4.34 Å². The maximum Gasteiger partial charge on any atom is 0.293 e. The third-order valence-electron chi connectivity index (χ3n) is 4.25. The molecule has 2 aromatic carbocycles. The van der Waals surface area contributed by atoms with E-state index in [1.807, 2.05) is 0 Å². The molecule has 0 atom stereocenters. The standard InChI is InChI=1S/C19H20N4O6S2/c1-23(13-8-6-5-7-9-13)31(25,26)19-22-21-18(30-19)20-17(24)12-10-14(27-2)16(29-4)15(11-12)28-3/h5-11H,1-4H3,(H,20,21,24). The molecular formula is C19H20N4O6S2. The van der Waals surface area contributed by atoms with Crippen molar-refractivity contribution >= 4 is 38.1 Å². The molecule has 0 aliphatic heterocycles. The van der Waals surface area contributed by atoms with Crippen LogP contribution in [0.25, 0.3) is 0 Å². The molecule has 3 aromatic rings. The van der Waals surface area contributed by atoms with Crippen LogP contribution >= 0.6 is 11.3 Å². The number of methoxy groups -OCH3 is 3. The highest BCUT2D eigenvalue weighted by atomic mass is 32.2. The van der Waals surface area contributed by atoms with Gasteiger partial charge in [0.15, 0.2) is 11.5 Å². The quantitative estimate of drug-likeness (QED) is 0.505. The van der Waals surface area contributed by atoms with Crippen LogP contribution in [0, 0.1) is 0 Å². The summed E-state index contributed by atoms with van der Waals surface area (Å²) in [4.78, 5) is 12.7. The normalized spacial score (nSPS) is 11.0. The van der Waals surface area contributed by atoms with Crippen molar-refractivity contribution in [2.24, 2.45) is 0 Å². The van der Waals surface area contributed by atoms with E-state index in [4.69, 9.17) is 14.2 Å². The van der Waals surface area contributed by atoms with Gasteiger partial charge in [-0.1, -0.05) is 29.5 Å². The number of rotatable bonds is 8. The van der Waals surface area contributed by atoms with Crippen molar-refractivity contribution in [3.63, 3.8) is 0 Å². The van der Waals surface area contributed by atoms with Gasteiger partial charge in [0.2, 0.25) is 10.9 Å². The summed E-state index contributed by atoms with van der Waals surface area (Å²) < 4.78 is 42.2. The summed E-state index contributed by atoms with van der Waals surface area (Å²) in [6.45, 7) is 0. The fraction of sp³-hybridized carbons (Fsp3) is 0.211. The molecule has 3 rings (SSSR count). The number of nitrogens with zero attached hydrogens (tertiary/aromatic N) is 3. The number of hydrogen-bond acceptors (Lipinski definition) is 9. The van der Waals surface area contributed by atoms with E-state index in [-0.39, 0.29) is 15.0 Å². The van der Waals surface area contributed by atoms with Crippen LogP contribution in [0.1, 0.15) is 10.4 Å². The van der Waals surface area contributed by atoms with Gasteiger partial charge in [-0.2, -0.15) is 8.42 Å². The molecular weight excluding hydrogens is 444 g/mol. The van der Waals surface area contributed by atoms with Crippen molar-refractivity contribution in [3.8, 4) is 17.2 Å². The molecule has 10 nitrogen and oxygen atoms in total. The molecule has 0 aliphatic carbocycles. The number of anilines is 2. The molecule has 0 unspecified atom stereocenters. The smallest absolute Gasteiger partial charge is 0.293 e. The van der Waals surface area contributed by atoms with Gasteiger partial charge in [-0.25, -0.2) is 0 Å². The van der Waals surface area contributed by atoms with E-state index in [0.717, 1.165) is 15.6 Å². The number of nitrogens with one attached hydrogen (secondary N) is 1. The van der Waals surface area contributed by atoms with E-state index in [9.17, 15) is 13.2 Å². The average Bonchev–Trinajstić information content (AvgIpc) is 3.27. The minimum absolute atomic E-state index is 0.0267. The Morgan fingerprint density at radius 2 is 1.61 bits per heavy atom. The first-order valence-electron chi connectivity index (χ1n) is 8.80. The molecule has 0 aliphatic rings. The molecule has 1 amide bonds. The molecule has 1 aromatic heterocycles. The van der Waals surface area contributed by atoms with Crippen LogP contribution < -0.4 is 23.8 Å². The fourth-order valence-corrected chi connectivity index (χ4v) is 4.88. The largest absolute Gasteiger partial charge is 0.493 e. The Morgan fingerprint density at radius 1 is 1.00 bits per heavy atom. The van der Waals surface area contributed by atoms with Gasteiger partial charge in [-0.3, -0.25) is 14.4 Å². The van der Waals surface area contributed by atoms with Crippen molar-refractivity contribution < 1.29 is 27.4 Å². The van der Waals surface area contributed by atoms with Gasteiger partial charge >= 0.3 is 0 Å². The zero-order chi connectivity index (χ0) is 22.6. The summed E-state index contributed by atoms with van der Waals surface area (Å²) in [5.74, 6) is 0.402. The third-order valence-corrected chi connectivity index (χ3v) is 7.22. The molecule has 12 heteroatoms. The van der Waals surface area contributed by atoms with E-state index >= 15 is 0 Å². The van der Waals surface area contributed by atoms with Crippen molar-refractivity contribution in [1.29, 1.82) is 0 Å². The molecule has 0 spiro atoms. The molecule has 1 N–H and O–H groups in total. The highest BCUT2D eigenvalue weighted by molar-refractivity contribution is 7.94. The number of carbonyl (C=O) groups excluding carboxylic acids is 1. The zero-order valence-electron chi connectivity index (χ0n) is 17.1. The van der Waals surface area contributed by atoms with Crippen LogP contribution in [-0.4, -0.2) is 52.9 Å². The zero-order valence-corrected chi connectivity index (χ0v) is 18.8. The van der Waals surface area contributed by atoms with Gasteiger partial charge in [0, 0.05) is 12.6 Å². The van der Waals surface area contributed by atoms with E-state index in [1.165, 1.54) is 40.5 Å². The number of aromatic nitrogens is 2. The Morgan fingerprint density at radius 3 is 2.16 bits per heavy atom. The highest BCUT2D eigenvalue weighted by Gasteiger charge is 2.27. The summed E-state index contributed by atoms with van der Waals surface area (Å²) in [5.41, 5.74) is 0.677. The van der Waals surface area contributed by atoms with Crippen LogP contribution in [0.15, 0.2) is 46.8 Å².